The van der Waals surface area contributed by atoms with Crippen LogP contribution < -0.4 is 16.2 Å². The molecule has 3 unspecified atom stereocenters. The van der Waals surface area contributed by atoms with Gasteiger partial charge in [0.1, 0.15) is 6.17 Å². The summed E-state index contributed by atoms with van der Waals surface area (Å²) in [5, 5.41) is 10.9. The quantitative estimate of drug-likeness (QED) is 0.562. The van der Waals surface area contributed by atoms with Crippen molar-refractivity contribution in [3.63, 3.8) is 0 Å². The van der Waals surface area contributed by atoms with Crippen molar-refractivity contribution in [2.75, 3.05) is 11.1 Å². The van der Waals surface area contributed by atoms with Crippen LogP contribution in [0.5, 0.6) is 0 Å². The molecule has 1 fully saturated rings. The van der Waals surface area contributed by atoms with Gasteiger partial charge in [-0.05, 0) is 43.2 Å². The van der Waals surface area contributed by atoms with E-state index in [1.807, 2.05) is 36.7 Å². The third-order valence-corrected chi connectivity index (χ3v) is 7.08. The van der Waals surface area contributed by atoms with E-state index in [4.69, 9.17) is 11.6 Å². The molecule has 33 heavy (non-hydrogen) atoms. The number of Topliss-reactive ketones (excluding diaryl/α,β-unsaturated/α-hetero) is 1. The highest BCUT2D eigenvalue weighted by Crippen LogP contribution is 2.35. The highest BCUT2D eigenvalue weighted by atomic mass is 35.5. The summed E-state index contributed by atoms with van der Waals surface area (Å²) in [6.07, 6.45) is 4.87. The number of thioether (sulfide) groups is 1. The number of carbonyl (C=O) groups excluding carboxylic acids is 2. The molecular weight excluding hydrogens is 460 g/mol. The number of benzene rings is 2. The predicted molar refractivity (Wildman–Crippen MR) is 130 cm³/mol. The summed E-state index contributed by atoms with van der Waals surface area (Å²) in [6, 6.07) is 15.2. The smallest absolute Gasteiger partial charge is 0.234 e. The van der Waals surface area contributed by atoms with E-state index in [2.05, 4.69) is 31.2 Å². The number of hydrazine groups is 1. The largest absolute Gasteiger partial charge is 0.325 e. The van der Waals surface area contributed by atoms with Crippen LogP contribution in [0.15, 0.2) is 66.0 Å². The molecule has 3 atom stereocenters. The summed E-state index contributed by atoms with van der Waals surface area (Å²) in [4.78, 5) is 26.1. The van der Waals surface area contributed by atoms with Crippen LogP contribution in [0.3, 0.4) is 0 Å². The topological polar surface area (TPSA) is 89.1 Å². The summed E-state index contributed by atoms with van der Waals surface area (Å²) in [5.41, 5.74) is 9.12. The van der Waals surface area contributed by atoms with Crippen molar-refractivity contribution in [3.05, 3.63) is 77.1 Å². The second-order valence-corrected chi connectivity index (χ2v) is 9.47. The van der Waals surface area contributed by atoms with Crippen LogP contribution in [0.25, 0.3) is 0 Å². The number of hydrogen-bond acceptors (Lipinski definition) is 8. The van der Waals surface area contributed by atoms with Crippen LogP contribution in [0.2, 0.25) is 5.02 Å². The van der Waals surface area contributed by atoms with Crippen molar-refractivity contribution in [3.8, 4) is 0 Å². The van der Waals surface area contributed by atoms with Crippen molar-refractivity contribution < 1.29 is 9.59 Å². The molecule has 8 nitrogen and oxygen atoms in total. The van der Waals surface area contributed by atoms with Crippen molar-refractivity contribution >= 4 is 45.9 Å². The number of halogens is 1. The second-order valence-electron chi connectivity index (χ2n) is 8.09. The minimum absolute atomic E-state index is 0.0161. The molecule has 3 aliphatic heterocycles. The van der Waals surface area contributed by atoms with E-state index >= 15 is 0 Å². The van der Waals surface area contributed by atoms with Crippen LogP contribution >= 0.6 is 23.4 Å². The monoisotopic (exact) mass is 482 g/mol. The Kier molecular flexibility index (Phi) is 6.01. The van der Waals surface area contributed by atoms with Crippen LogP contribution in [0.4, 0.5) is 5.69 Å². The average Bonchev–Trinajstić information content (AvgIpc) is 3.42. The number of rotatable bonds is 5. The van der Waals surface area contributed by atoms with Gasteiger partial charge in [0.25, 0.3) is 0 Å². The fourth-order valence-corrected chi connectivity index (χ4v) is 5.10. The predicted octanol–water partition coefficient (Wildman–Crippen LogP) is 3.52. The summed E-state index contributed by atoms with van der Waals surface area (Å²) in [5.74, 6) is 0.0189. The Balaban J connectivity index is 1.17. The maximum absolute atomic E-state index is 12.5. The van der Waals surface area contributed by atoms with Gasteiger partial charge in [0.15, 0.2) is 11.0 Å². The molecule has 170 valence electrons. The second kappa shape index (κ2) is 9.09. The SMILES string of the molecule is CC(=O)c1cccc(NC(=O)CSC2=NNC3C4CC(c5ccc(Cl)cc5)NN4C=CN23)c1. The van der Waals surface area contributed by atoms with Gasteiger partial charge in [-0.25, -0.2) is 5.43 Å². The molecule has 3 heterocycles. The van der Waals surface area contributed by atoms with Crippen LogP contribution in [0, 0.1) is 0 Å². The van der Waals surface area contributed by atoms with Gasteiger partial charge >= 0.3 is 0 Å². The van der Waals surface area contributed by atoms with Crippen molar-refractivity contribution in [1.82, 2.24) is 20.8 Å². The fraction of sp³-hybridized carbons (Fsp3) is 0.261. The Morgan fingerprint density at radius 2 is 2.03 bits per heavy atom. The number of amidine groups is 1. The minimum atomic E-state index is -0.153. The lowest BCUT2D eigenvalue weighted by atomic mass is 10.00. The molecule has 0 spiro atoms. The van der Waals surface area contributed by atoms with Crippen molar-refractivity contribution in [1.29, 1.82) is 0 Å². The normalized spacial score (nSPS) is 23.0. The molecule has 10 heteroatoms. The number of anilines is 1. The zero-order valence-electron chi connectivity index (χ0n) is 17.9. The van der Waals surface area contributed by atoms with Gasteiger partial charge in [0.05, 0.1) is 17.8 Å². The first kappa shape index (κ1) is 21.8. The summed E-state index contributed by atoms with van der Waals surface area (Å²) >= 11 is 7.40. The number of carbonyl (C=O) groups is 2. The molecule has 2 aromatic rings. The lowest BCUT2D eigenvalue weighted by molar-refractivity contribution is -0.113. The summed E-state index contributed by atoms with van der Waals surface area (Å²) in [6.45, 7) is 1.50. The van der Waals surface area contributed by atoms with E-state index in [1.165, 1.54) is 24.2 Å². The number of hydrazone groups is 1. The Morgan fingerprint density at radius 1 is 1.21 bits per heavy atom. The maximum atomic E-state index is 12.5. The molecule has 0 bridgehead atoms. The first-order chi connectivity index (χ1) is 16.0. The third-order valence-electron chi connectivity index (χ3n) is 5.86. The van der Waals surface area contributed by atoms with E-state index in [-0.39, 0.29) is 35.7 Å². The van der Waals surface area contributed by atoms with Crippen LogP contribution in [-0.4, -0.2) is 44.7 Å². The van der Waals surface area contributed by atoms with Crippen LogP contribution in [-0.2, 0) is 4.79 Å². The van der Waals surface area contributed by atoms with E-state index < -0.39 is 0 Å². The standard InChI is InChI=1S/C23H23ClN6O2S/c1-14(31)16-3-2-4-18(11-16)25-21(32)13-33-23-27-26-22-20-12-19(15-5-7-17(24)8-6-15)28-30(20)10-9-29(22)23/h2-11,19-20,22,26,28H,12-13H2,1H3,(H,25,32). The van der Waals surface area contributed by atoms with Crippen molar-refractivity contribution in [2.24, 2.45) is 5.10 Å². The summed E-state index contributed by atoms with van der Waals surface area (Å²) in [7, 11) is 0. The highest BCUT2D eigenvalue weighted by Gasteiger charge is 2.44. The van der Waals surface area contributed by atoms with Gasteiger partial charge in [0, 0.05) is 28.7 Å². The average molecular weight is 483 g/mol. The Labute approximate surface area is 201 Å². The zero-order valence-corrected chi connectivity index (χ0v) is 19.4. The molecule has 0 radical (unpaired) electrons. The highest BCUT2D eigenvalue weighted by molar-refractivity contribution is 8.14. The molecule has 3 aliphatic rings. The first-order valence-corrected chi connectivity index (χ1v) is 12.0. The number of fused-ring (bicyclic) bond motifs is 3. The molecule has 1 saturated heterocycles. The fourth-order valence-electron chi connectivity index (χ4n) is 4.21. The molecule has 0 aliphatic carbocycles. The Morgan fingerprint density at radius 3 is 2.82 bits per heavy atom. The van der Waals surface area contributed by atoms with E-state index in [0.29, 0.717) is 11.3 Å². The van der Waals surface area contributed by atoms with Gasteiger partial charge in [-0.2, -0.15) is 5.10 Å². The summed E-state index contributed by atoms with van der Waals surface area (Å²) < 4.78 is 0. The molecular formula is C23H23ClN6O2S. The minimum Gasteiger partial charge on any atom is -0.325 e. The molecule has 0 aromatic heterocycles. The van der Waals surface area contributed by atoms with Crippen LogP contribution in [0.1, 0.15) is 35.3 Å². The molecule has 5 rings (SSSR count). The van der Waals surface area contributed by atoms with E-state index in [1.54, 1.807) is 24.3 Å². The van der Waals surface area contributed by atoms with E-state index in [9.17, 15) is 9.59 Å². The lowest BCUT2D eigenvalue weighted by Gasteiger charge is -2.36. The molecule has 1 amide bonds. The number of nitrogens with one attached hydrogen (secondary N) is 3. The van der Waals surface area contributed by atoms with E-state index in [0.717, 1.165) is 16.6 Å². The Bertz CT molecular complexity index is 1140. The lowest BCUT2D eigenvalue weighted by Crippen LogP contribution is -2.54. The van der Waals surface area contributed by atoms with Gasteiger partial charge in [-0.15, -0.1) is 0 Å². The number of amides is 1. The molecule has 3 N–H and O–H groups in total. The third kappa shape index (κ3) is 4.57. The van der Waals surface area contributed by atoms with Crippen molar-refractivity contribution in [2.45, 2.75) is 31.6 Å². The van der Waals surface area contributed by atoms with Gasteiger partial charge in [-0.3, -0.25) is 15.0 Å². The van der Waals surface area contributed by atoms with Gasteiger partial charge in [-0.1, -0.05) is 47.6 Å². The number of ketones is 1. The Hall–Kier alpha value is -3.01. The molecule has 2 aromatic carbocycles. The number of hydrogen-bond donors (Lipinski definition) is 3. The number of nitrogens with zero attached hydrogens (tertiary/aromatic N) is 3. The molecule has 0 saturated carbocycles. The van der Waals surface area contributed by atoms with Gasteiger partial charge in [0.2, 0.25) is 5.91 Å². The zero-order chi connectivity index (χ0) is 22.9. The van der Waals surface area contributed by atoms with Gasteiger partial charge < -0.3 is 15.2 Å². The maximum Gasteiger partial charge on any atom is 0.234 e. The first-order valence-electron chi connectivity index (χ1n) is 10.6.